The van der Waals surface area contributed by atoms with Crippen LogP contribution in [-0.2, 0) is 16.1 Å². The largest absolute Gasteiger partial charge is 0.468 e. The van der Waals surface area contributed by atoms with Gasteiger partial charge in [-0.05, 0) is 25.3 Å². The molecule has 0 aromatic carbocycles. The van der Waals surface area contributed by atoms with Crippen molar-refractivity contribution in [1.82, 2.24) is 15.0 Å². The predicted octanol–water partition coefficient (Wildman–Crippen LogP) is 2.18. The molecule has 0 spiro atoms. The third-order valence-corrected chi connectivity index (χ3v) is 3.55. The molecule has 0 saturated heterocycles. The van der Waals surface area contributed by atoms with E-state index in [0.29, 0.717) is 18.3 Å². The van der Waals surface area contributed by atoms with E-state index >= 15 is 0 Å². The molecule has 0 aliphatic heterocycles. The fourth-order valence-electron chi connectivity index (χ4n) is 1.65. The summed E-state index contributed by atoms with van der Waals surface area (Å²) in [6.07, 6.45) is 0. The van der Waals surface area contributed by atoms with E-state index in [0.717, 1.165) is 5.56 Å². The third kappa shape index (κ3) is 3.64. The van der Waals surface area contributed by atoms with Crippen molar-refractivity contribution in [1.29, 1.82) is 0 Å². The van der Waals surface area contributed by atoms with E-state index < -0.39 is 0 Å². The molecule has 2 aromatic rings. The zero-order valence-corrected chi connectivity index (χ0v) is 12.5. The first-order chi connectivity index (χ1) is 9.60. The number of methoxy groups -OCH3 is 1. The van der Waals surface area contributed by atoms with Gasteiger partial charge in [0.25, 0.3) is 5.89 Å². The molecule has 108 valence electrons. The molecule has 0 saturated carbocycles. The van der Waals surface area contributed by atoms with Crippen molar-refractivity contribution in [2.45, 2.75) is 26.4 Å². The molecule has 0 aliphatic carbocycles. The van der Waals surface area contributed by atoms with Crippen molar-refractivity contribution in [3.63, 3.8) is 0 Å². The summed E-state index contributed by atoms with van der Waals surface area (Å²) in [5.41, 5.74) is 0.915. The molecule has 0 radical (unpaired) electrons. The maximum absolute atomic E-state index is 11.4. The van der Waals surface area contributed by atoms with Crippen molar-refractivity contribution < 1.29 is 14.1 Å². The van der Waals surface area contributed by atoms with Crippen LogP contribution in [0.3, 0.4) is 0 Å². The van der Waals surface area contributed by atoms with E-state index in [1.807, 2.05) is 35.6 Å². The van der Waals surface area contributed by atoms with E-state index in [-0.39, 0.29) is 18.6 Å². The van der Waals surface area contributed by atoms with Gasteiger partial charge in [-0.2, -0.15) is 16.3 Å². The van der Waals surface area contributed by atoms with E-state index in [2.05, 4.69) is 14.9 Å². The zero-order chi connectivity index (χ0) is 14.5. The highest BCUT2D eigenvalue weighted by Crippen LogP contribution is 2.20. The van der Waals surface area contributed by atoms with E-state index in [1.165, 1.54) is 7.11 Å². The first-order valence-corrected chi connectivity index (χ1v) is 7.20. The molecule has 0 amide bonds. The van der Waals surface area contributed by atoms with Gasteiger partial charge in [0.1, 0.15) is 0 Å². The molecule has 0 bridgehead atoms. The summed E-state index contributed by atoms with van der Waals surface area (Å²) in [6.45, 7) is 4.66. The second kappa shape index (κ2) is 6.62. The van der Waals surface area contributed by atoms with Gasteiger partial charge >= 0.3 is 5.97 Å². The Morgan fingerprint density at radius 1 is 1.55 bits per heavy atom. The number of carbonyl (C=O) groups is 1. The van der Waals surface area contributed by atoms with Gasteiger partial charge in [-0.25, -0.2) is 0 Å². The summed E-state index contributed by atoms with van der Waals surface area (Å²) < 4.78 is 9.91. The number of carbonyl (C=O) groups excluding carboxylic acids is 1. The molecule has 0 aliphatic rings. The summed E-state index contributed by atoms with van der Waals surface area (Å²) in [4.78, 5) is 17.6. The number of ether oxygens (including phenoxy) is 1. The van der Waals surface area contributed by atoms with Crippen LogP contribution in [-0.4, -0.2) is 40.7 Å². The van der Waals surface area contributed by atoms with Crippen molar-refractivity contribution in [3.05, 3.63) is 22.7 Å². The molecule has 20 heavy (non-hydrogen) atoms. The number of nitrogens with zero attached hydrogens (tertiary/aromatic N) is 3. The number of aromatic nitrogens is 2. The summed E-state index contributed by atoms with van der Waals surface area (Å²) in [5.74, 6) is 0.784. The molecule has 2 aromatic heterocycles. The molecular formula is C13H17N3O3S. The predicted molar refractivity (Wildman–Crippen MR) is 75.2 cm³/mol. The molecule has 2 heterocycles. The van der Waals surface area contributed by atoms with Gasteiger partial charge in [-0.15, -0.1) is 0 Å². The average molecular weight is 295 g/mol. The first kappa shape index (κ1) is 14.7. The third-order valence-electron chi connectivity index (χ3n) is 2.87. The molecule has 0 fully saturated rings. The van der Waals surface area contributed by atoms with Crippen LogP contribution in [0.4, 0.5) is 0 Å². The van der Waals surface area contributed by atoms with Gasteiger partial charge in [0.2, 0.25) is 0 Å². The zero-order valence-electron chi connectivity index (χ0n) is 11.7. The minimum Gasteiger partial charge on any atom is -0.468 e. The summed E-state index contributed by atoms with van der Waals surface area (Å²) in [6, 6.07) is 2.11. The monoisotopic (exact) mass is 295 g/mol. The maximum Gasteiger partial charge on any atom is 0.319 e. The first-order valence-electron chi connectivity index (χ1n) is 6.26. The van der Waals surface area contributed by atoms with E-state index in [1.54, 1.807) is 11.3 Å². The van der Waals surface area contributed by atoms with Crippen LogP contribution in [0.2, 0.25) is 0 Å². The number of thiophene rings is 1. The molecule has 0 N–H and O–H groups in total. The van der Waals surface area contributed by atoms with Crippen LogP contribution in [0.1, 0.15) is 19.7 Å². The quantitative estimate of drug-likeness (QED) is 0.761. The van der Waals surface area contributed by atoms with Gasteiger partial charge in [0.05, 0.1) is 25.8 Å². The van der Waals surface area contributed by atoms with Crippen LogP contribution >= 0.6 is 11.3 Å². The van der Waals surface area contributed by atoms with Crippen molar-refractivity contribution in [2.24, 2.45) is 0 Å². The highest BCUT2D eigenvalue weighted by Gasteiger charge is 2.18. The SMILES string of the molecule is COC(=O)CN(Cc1noc(-c2ccsc2)n1)C(C)C. The van der Waals surface area contributed by atoms with Crippen LogP contribution in [0.5, 0.6) is 0 Å². The topological polar surface area (TPSA) is 68.5 Å². The van der Waals surface area contributed by atoms with Crippen LogP contribution in [0.15, 0.2) is 21.3 Å². The average Bonchev–Trinajstić information content (AvgIpc) is 3.08. The highest BCUT2D eigenvalue weighted by atomic mass is 32.1. The minimum atomic E-state index is -0.278. The molecular weight excluding hydrogens is 278 g/mol. The lowest BCUT2D eigenvalue weighted by Gasteiger charge is -2.23. The Hall–Kier alpha value is -1.73. The van der Waals surface area contributed by atoms with Crippen LogP contribution in [0, 0.1) is 0 Å². The smallest absolute Gasteiger partial charge is 0.319 e. The van der Waals surface area contributed by atoms with Crippen molar-refractivity contribution in [3.8, 4) is 11.5 Å². The number of esters is 1. The second-order valence-corrected chi connectivity index (χ2v) is 5.38. The minimum absolute atomic E-state index is 0.178. The van der Waals surface area contributed by atoms with Crippen molar-refractivity contribution in [2.75, 3.05) is 13.7 Å². The van der Waals surface area contributed by atoms with Crippen LogP contribution < -0.4 is 0 Å². The van der Waals surface area contributed by atoms with Gasteiger partial charge in [0.15, 0.2) is 5.82 Å². The standard InChI is InChI=1S/C13H17N3O3S/c1-9(2)16(7-12(17)18-3)6-11-14-13(19-15-11)10-4-5-20-8-10/h4-5,8-9H,6-7H2,1-3H3. The molecule has 7 heteroatoms. The number of hydrogen-bond acceptors (Lipinski definition) is 7. The van der Waals surface area contributed by atoms with Gasteiger partial charge < -0.3 is 9.26 Å². The Balaban J connectivity index is 2.05. The van der Waals surface area contributed by atoms with Crippen LogP contribution in [0.25, 0.3) is 11.5 Å². The Kier molecular flexibility index (Phi) is 4.86. The summed E-state index contributed by atoms with van der Waals surface area (Å²) in [7, 11) is 1.38. The Morgan fingerprint density at radius 2 is 2.35 bits per heavy atom. The highest BCUT2D eigenvalue weighted by molar-refractivity contribution is 7.08. The van der Waals surface area contributed by atoms with Crippen molar-refractivity contribution >= 4 is 17.3 Å². The normalized spacial score (nSPS) is 11.2. The Labute approximate surface area is 121 Å². The summed E-state index contributed by atoms with van der Waals surface area (Å²) in [5, 5.41) is 7.86. The Bertz CT molecular complexity index is 551. The summed E-state index contributed by atoms with van der Waals surface area (Å²) >= 11 is 1.57. The lowest BCUT2D eigenvalue weighted by Crippen LogP contribution is -2.36. The lowest BCUT2D eigenvalue weighted by molar-refractivity contribution is -0.142. The molecule has 0 atom stereocenters. The Morgan fingerprint density at radius 3 is 2.95 bits per heavy atom. The fourth-order valence-corrected chi connectivity index (χ4v) is 2.28. The van der Waals surface area contributed by atoms with E-state index in [9.17, 15) is 4.79 Å². The molecule has 2 rings (SSSR count). The molecule has 0 unspecified atom stereocenters. The number of rotatable bonds is 6. The fraction of sp³-hybridized carbons (Fsp3) is 0.462. The van der Waals surface area contributed by atoms with E-state index in [4.69, 9.17) is 4.52 Å². The maximum atomic E-state index is 11.4. The number of hydrogen-bond donors (Lipinski definition) is 0. The van der Waals surface area contributed by atoms with Gasteiger partial charge in [0, 0.05) is 11.4 Å². The van der Waals surface area contributed by atoms with Gasteiger partial charge in [-0.1, -0.05) is 5.16 Å². The molecule has 6 nitrogen and oxygen atoms in total. The second-order valence-electron chi connectivity index (χ2n) is 4.60. The lowest BCUT2D eigenvalue weighted by atomic mass is 10.3. The van der Waals surface area contributed by atoms with Gasteiger partial charge in [-0.3, -0.25) is 9.69 Å².